The molecule has 1 aliphatic rings. The van der Waals surface area contributed by atoms with Crippen LogP contribution in [0.15, 0.2) is 114 Å². The molecular formula is C35H28FNO4S2. The SMILES string of the molecule is O=C(/C=C/c1ccc(/C=C2/CN([C@@H](Cc3ccccc3)C(=O)O)C(=S)S2)cc1)c1ccc(OCc2ccc(F)cc2)cc1. The van der Waals surface area contributed by atoms with Crippen LogP contribution in [0, 0.1) is 5.82 Å². The summed E-state index contributed by atoms with van der Waals surface area (Å²) in [6.07, 6.45) is 5.68. The first kappa shape index (κ1) is 29.9. The molecule has 5 rings (SSSR count). The van der Waals surface area contributed by atoms with Crippen molar-refractivity contribution in [3.05, 3.63) is 148 Å². The van der Waals surface area contributed by atoms with E-state index in [4.69, 9.17) is 17.0 Å². The van der Waals surface area contributed by atoms with Crippen LogP contribution in [0.25, 0.3) is 12.2 Å². The number of ether oxygens (including phenoxy) is 1. The fraction of sp³-hybridized carbons (Fsp3) is 0.114. The number of rotatable bonds is 11. The van der Waals surface area contributed by atoms with Crippen molar-refractivity contribution in [2.45, 2.75) is 19.1 Å². The maximum Gasteiger partial charge on any atom is 0.326 e. The molecule has 216 valence electrons. The van der Waals surface area contributed by atoms with E-state index >= 15 is 0 Å². The molecule has 0 spiro atoms. The smallest absolute Gasteiger partial charge is 0.326 e. The lowest BCUT2D eigenvalue weighted by Crippen LogP contribution is -2.42. The van der Waals surface area contributed by atoms with Gasteiger partial charge in [-0.05, 0) is 70.8 Å². The molecule has 0 amide bonds. The maximum atomic E-state index is 13.1. The van der Waals surface area contributed by atoms with Gasteiger partial charge >= 0.3 is 5.97 Å². The molecule has 0 unspecified atom stereocenters. The molecule has 4 aromatic carbocycles. The number of allylic oxidation sites excluding steroid dienone is 1. The maximum absolute atomic E-state index is 13.1. The molecule has 43 heavy (non-hydrogen) atoms. The quantitative estimate of drug-likeness (QED) is 0.106. The Labute approximate surface area is 259 Å². The third-order valence-corrected chi connectivity index (χ3v) is 8.26. The summed E-state index contributed by atoms with van der Waals surface area (Å²) in [7, 11) is 0. The zero-order valence-corrected chi connectivity index (χ0v) is 24.7. The number of carboxylic acid groups (broad SMARTS) is 1. The van der Waals surface area contributed by atoms with Crippen LogP contribution in [0.2, 0.25) is 0 Å². The van der Waals surface area contributed by atoms with Gasteiger partial charge in [-0.15, -0.1) is 0 Å². The molecule has 1 aliphatic heterocycles. The number of carboxylic acids is 1. The number of carbonyl (C=O) groups excluding carboxylic acids is 1. The number of ketones is 1. The molecule has 8 heteroatoms. The van der Waals surface area contributed by atoms with Crippen LogP contribution in [-0.2, 0) is 17.8 Å². The molecule has 1 saturated heterocycles. The second-order valence-corrected chi connectivity index (χ2v) is 11.7. The molecule has 0 aromatic heterocycles. The minimum atomic E-state index is -0.898. The van der Waals surface area contributed by atoms with Crippen molar-refractivity contribution >= 4 is 52.2 Å². The number of carbonyl (C=O) groups is 2. The van der Waals surface area contributed by atoms with Gasteiger partial charge in [-0.3, -0.25) is 4.79 Å². The Bertz CT molecular complexity index is 1650. The van der Waals surface area contributed by atoms with Crippen molar-refractivity contribution < 1.29 is 23.8 Å². The van der Waals surface area contributed by atoms with E-state index in [1.54, 1.807) is 47.4 Å². The van der Waals surface area contributed by atoms with Crippen LogP contribution < -0.4 is 4.74 Å². The Morgan fingerprint density at radius 2 is 1.58 bits per heavy atom. The zero-order valence-electron chi connectivity index (χ0n) is 23.1. The number of halogens is 1. The van der Waals surface area contributed by atoms with Gasteiger partial charge in [-0.2, -0.15) is 0 Å². The second kappa shape index (κ2) is 14.1. The topological polar surface area (TPSA) is 66.8 Å². The lowest BCUT2D eigenvalue weighted by atomic mass is 10.0. The van der Waals surface area contributed by atoms with E-state index in [0.717, 1.165) is 27.2 Å². The van der Waals surface area contributed by atoms with Crippen LogP contribution in [0.1, 0.15) is 32.6 Å². The van der Waals surface area contributed by atoms with Crippen molar-refractivity contribution in [3.8, 4) is 5.75 Å². The molecule has 0 saturated carbocycles. The number of thiocarbonyl (C=S) groups is 1. The Morgan fingerprint density at radius 1 is 0.907 bits per heavy atom. The van der Waals surface area contributed by atoms with Crippen LogP contribution >= 0.6 is 24.0 Å². The third kappa shape index (κ3) is 8.28. The summed E-state index contributed by atoms with van der Waals surface area (Å²) in [5, 5.41) is 9.89. The fourth-order valence-electron chi connectivity index (χ4n) is 4.54. The van der Waals surface area contributed by atoms with Gasteiger partial charge < -0.3 is 14.7 Å². The van der Waals surface area contributed by atoms with E-state index in [1.807, 2.05) is 60.7 Å². The van der Waals surface area contributed by atoms with Crippen molar-refractivity contribution in [1.29, 1.82) is 0 Å². The highest BCUT2D eigenvalue weighted by atomic mass is 32.2. The number of aliphatic carboxylic acids is 1. The van der Waals surface area contributed by atoms with Gasteiger partial charge in [0.15, 0.2) is 5.78 Å². The lowest BCUT2D eigenvalue weighted by Gasteiger charge is -2.25. The molecule has 4 aromatic rings. The number of hydrogen-bond donors (Lipinski definition) is 1. The Hall–Kier alpha value is -4.53. The lowest BCUT2D eigenvalue weighted by molar-refractivity contribution is -0.141. The molecular weight excluding hydrogens is 582 g/mol. The summed E-state index contributed by atoms with van der Waals surface area (Å²) in [5.74, 6) is -0.700. The molecule has 5 nitrogen and oxygen atoms in total. The van der Waals surface area contributed by atoms with Gasteiger partial charge in [0.1, 0.15) is 28.5 Å². The molecule has 0 radical (unpaired) electrons. The zero-order chi connectivity index (χ0) is 30.2. The average Bonchev–Trinajstić information content (AvgIpc) is 3.38. The molecule has 1 heterocycles. The van der Waals surface area contributed by atoms with Crippen LogP contribution in [-0.4, -0.2) is 38.7 Å². The Morgan fingerprint density at radius 3 is 2.26 bits per heavy atom. The predicted octanol–water partition coefficient (Wildman–Crippen LogP) is 7.67. The highest BCUT2D eigenvalue weighted by Gasteiger charge is 2.33. The fourth-order valence-corrected chi connectivity index (χ4v) is 5.98. The average molecular weight is 610 g/mol. The van der Waals surface area contributed by atoms with Crippen molar-refractivity contribution in [3.63, 3.8) is 0 Å². The van der Waals surface area contributed by atoms with Gasteiger partial charge in [0, 0.05) is 16.9 Å². The molecule has 1 atom stereocenters. The number of benzene rings is 4. The monoisotopic (exact) mass is 609 g/mol. The van der Waals surface area contributed by atoms with Gasteiger partial charge in [0.2, 0.25) is 0 Å². The van der Waals surface area contributed by atoms with E-state index in [9.17, 15) is 19.1 Å². The first-order chi connectivity index (χ1) is 20.8. The minimum Gasteiger partial charge on any atom is -0.489 e. The van der Waals surface area contributed by atoms with Gasteiger partial charge in [-0.1, -0.05) is 96.8 Å². The second-order valence-electron chi connectivity index (χ2n) is 9.95. The van der Waals surface area contributed by atoms with Gasteiger partial charge in [0.25, 0.3) is 0 Å². The number of nitrogens with zero attached hydrogens (tertiary/aromatic N) is 1. The highest BCUT2D eigenvalue weighted by molar-refractivity contribution is 8.25. The van der Waals surface area contributed by atoms with Crippen molar-refractivity contribution in [2.75, 3.05) is 6.54 Å². The van der Waals surface area contributed by atoms with E-state index in [1.165, 1.54) is 30.0 Å². The number of thioether (sulfide) groups is 1. The number of hydrogen-bond acceptors (Lipinski definition) is 5. The summed E-state index contributed by atoms with van der Waals surface area (Å²) in [4.78, 5) is 27.5. The first-order valence-electron chi connectivity index (χ1n) is 13.6. The van der Waals surface area contributed by atoms with Crippen LogP contribution in [0.4, 0.5) is 4.39 Å². The van der Waals surface area contributed by atoms with Crippen molar-refractivity contribution in [2.24, 2.45) is 0 Å². The van der Waals surface area contributed by atoms with Crippen molar-refractivity contribution in [1.82, 2.24) is 4.90 Å². The standard InChI is InChI=1S/C35H28FNO4S2/c36-29-15-10-27(11-16-29)23-41-30-17-13-28(14-18-30)33(38)19-12-24-6-8-26(9-7-24)20-31-22-37(35(42)43-31)32(34(39)40)21-25-4-2-1-3-5-25/h1-20,32H,21-23H2,(H,39,40)/b19-12+,31-20-/t32-/m0/s1. The molecule has 1 N–H and O–H groups in total. The van der Waals surface area contributed by atoms with Gasteiger partial charge in [0.05, 0.1) is 6.54 Å². The predicted molar refractivity (Wildman–Crippen MR) is 173 cm³/mol. The molecule has 1 fully saturated rings. The summed E-state index contributed by atoms with van der Waals surface area (Å²) in [5.41, 5.74) is 4.18. The Kier molecular flexibility index (Phi) is 9.81. The summed E-state index contributed by atoms with van der Waals surface area (Å²) in [6, 6.07) is 29.6. The Balaban J connectivity index is 1.16. The third-order valence-electron chi connectivity index (χ3n) is 6.86. The van der Waals surface area contributed by atoms with Crippen LogP contribution in [0.3, 0.4) is 0 Å². The van der Waals surface area contributed by atoms with Crippen LogP contribution in [0.5, 0.6) is 5.75 Å². The summed E-state index contributed by atoms with van der Waals surface area (Å²) >= 11 is 6.95. The van der Waals surface area contributed by atoms with E-state index in [0.29, 0.717) is 35.2 Å². The largest absolute Gasteiger partial charge is 0.489 e. The highest BCUT2D eigenvalue weighted by Crippen LogP contribution is 2.33. The molecule has 0 aliphatic carbocycles. The van der Waals surface area contributed by atoms with Gasteiger partial charge in [-0.25, -0.2) is 9.18 Å². The summed E-state index contributed by atoms with van der Waals surface area (Å²) < 4.78 is 19.3. The van der Waals surface area contributed by atoms with E-state index < -0.39 is 12.0 Å². The van der Waals surface area contributed by atoms with E-state index in [2.05, 4.69) is 0 Å². The molecule has 0 bridgehead atoms. The van der Waals surface area contributed by atoms with E-state index in [-0.39, 0.29) is 11.6 Å². The normalized spacial score (nSPS) is 14.8. The summed E-state index contributed by atoms with van der Waals surface area (Å²) in [6.45, 7) is 0.750. The minimum absolute atomic E-state index is 0.129. The first-order valence-corrected chi connectivity index (χ1v) is 14.8.